The van der Waals surface area contributed by atoms with Crippen LogP contribution in [0.5, 0.6) is 0 Å². The minimum absolute atomic E-state index is 0.381. The van der Waals surface area contributed by atoms with E-state index in [0.717, 1.165) is 36.4 Å². The molecule has 0 N–H and O–H groups in total. The third-order valence-corrected chi connectivity index (χ3v) is 4.86. The number of hydrogen-bond donors (Lipinski definition) is 0. The maximum absolute atomic E-state index is 11.4. The van der Waals surface area contributed by atoms with Crippen molar-refractivity contribution < 1.29 is 9.53 Å². The van der Waals surface area contributed by atoms with Gasteiger partial charge < -0.3 is 14.5 Å². The lowest BCUT2D eigenvalue weighted by atomic mass is 10.3. The molecule has 0 radical (unpaired) electrons. The van der Waals surface area contributed by atoms with Crippen molar-refractivity contribution in [3.8, 4) is 0 Å². The van der Waals surface area contributed by atoms with E-state index in [4.69, 9.17) is 0 Å². The molecular formula is C12H14N4O2S2. The van der Waals surface area contributed by atoms with E-state index in [9.17, 15) is 4.79 Å². The number of carbonyl (C=O) groups is 1. The van der Waals surface area contributed by atoms with Crippen molar-refractivity contribution in [1.82, 2.24) is 9.97 Å². The van der Waals surface area contributed by atoms with E-state index in [1.54, 1.807) is 16.7 Å². The second kappa shape index (κ2) is 5.76. The van der Waals surface area contributed by atoms with Gasteiger partial charge in [0.25, 0.3) is 0 Å². The summed E-state index contributed by atoms with van der Waals surface area (Å²) >= 11 is 3.14. The zero-order valence-corrected chi connectivity index (χ0v) is 12.6. The molecule has 1 saturated heterocycles. The topological polar surface area (TPSA) is 58.6 Å². The molecule has 0 unspecified atom stereocenters. The lowest BCUT2D eigenvalue weighted by molar-refractivity contribution is 0.0595. The van der Waals surface area contributed by atoms with Crippen LogP contribution in [0.3, 0.4) is 0 Å². The van der Waals surface area contributed by atoms with E-state index in [1.165, 1.54) is 18.4 Å². The summed E-state index contributed by atoms with van der Waals surface area (Å²) < 4.78 is 4.67. The molecule has 3 heterocycles. The highest BCUT2D eigenvalue weighted by atomic mass is 32.1. The number of rotatable bonds is 3. The highest BCUT2D eigenvalue weighted by Gasteiger charge is 2.22. The maximum atomic E-state index is 11.4. The summed E-state index contributed by atoms with van der Waals surface area (Å²) in [4.78, 5) is 24.5. The van der Waals surface area contributed by atoms with Crippen LogP contribution in [0.15, 0.2) is 17.0 Å². The molecule has 2 aromatic heterocycles. The van der Waals surface area contributed by atoms with Gasteiger partial charge in [-0.2, -0.15) is 0 Å². The van der Waals surface area contributed by atoms with Crippen LogP contribution in [0.4, 0.5) is 10.3 Å². The zero-order chi connectivity index (χ0) is 13.9. The second-order valence-corrected chi connectivity index (χ2v) is 6.01. The predicted molar refractivity (Wildman–Crippen MR) is 80.0 cm³/mol. The molecule has 6 nitrogen and oxygen atoms in total. The molecule has 0 saturated carbocycles. The average Bonchev–Trinajstić information content (AvgIpc) is 3.18. The molecule has 20 heavy (non-hydrogen) atoms. The van der Waals surface area contributed by atoms with Gasteiger partial charge in [0.1, 0.15) is 0 Å². The number of aromatic nitrogens is 2. The molecule has 1 aliphatic heterocycles. The van der Waals surface area contributed by atoms with E-state index < -0.39 is 0 Å². The Morgan fingerprint density at radius 1 is 1.20 bits per heavy atom. The highest BCUT2D eigenvalue weighted by molar-refractivity contribution is 7.14. The van der Waals surface area contributed by atoms with Crippen LogP contribution in [0.25, 0.3) is 0 Å². The fourth-order valence-corrected chi connectivity index (χ4v) is 3.61. The minimum Gasteiger partial charge on any atom is -0.464 e. The Balaban J connectivity index is 1.63. The van der Waals surface area contributed by atoms with Gasteiger partial charge in [-0.1, -0.05) is 0 Å². The molecule has 1 aliphatic rings. The van der Waals surface area contributed by atoms with Crippen molar-refractivity contribution >= 4 is 38.9 Å². The minimum atomic E-state index is -0.381. The first kappa shape index (κ1) is 13.3. The van der Waals surface area contributed by atoms with Gasteiger partial charge in [0.05, 0.1) is 7.11 Å². The molecule has 8 heteroatoms. The number of anilines is 2. The molecule has 106 valence electrons. The van der Waals surface area contributed by atoms with Crippen LogP contribution in [-0.2, 0) is 4.74 Å². The quantitative estimate of drug-likeness (QED) is 0.805. The number of nitrogens with zero attached hydrogens (tertiary/aromatic N) is 4. The lowest BCUT2D eigenvalue weighted by Gasteiger charge is -2.34. The third-order valence-electron chi connectivity index (χ3n) is 3.13. The lowest BCUT2D eigenvalue weighted by Crippen LogP contribution is -2.46. The van der Waals surface area contributed by atoms with Crippen LogP contribution >= 0.6 is 22.7 Å². The maximum Gasteiger partial charge on any atom is 0.357 e. The second-order valence-electron chi connectivity index (χ2n) is 4.30. The first-order chi connectivity index (χ1) is 9.78. The van der Waals surface area contributed by atoms with Crippen molar-refractivity contribution in [3.05, 3.63) is 22.7 Å². The molecule has 3 rings (SSSR count). The van der Waals surface area contributed by atoms with Crippen molar-refractivity contribution in [2.24, 2.45) is 0 Å². The van der Waals surface area contributed by atoms with Crippen LogP contribution in [-0.4, -0.2) is 49.2 Å². The largest absolute Gasteiger partial charge is 0.464 e. The molecule has 0 bridgehead atoms. The summed E-state index contributed by atoms with van der Waals surface area (Å²) in [5, 5.41) is 5.68. The summed E-state index contributed by atoms with van der Waals surface area (Å²) in [7, 11) is 1.37. The van der Waals surface area contributed by atoms with Gasteiger partial charge in [0, 0.05) is 43.1 Å². The number of hydrogen-bond acceptors (Lipinski definition) is 8. The highest BCUT2D eigenvalue weighted by Crippen LogP contribution is 2.24. The Kier molecular flexibility index (Phi) is 3.83. The number of carbonyl (C=O) groups excluding carboxylic acids is 1. The normalized spacial score (nSPS) is 15.4. The molecule has 0 aliphatic carbocycles. The van der Waals surface area contributed by atoms with Gasteiger partial charge in [-0.15, -0.1) is 22.7 Å². The van der Waals surface area contributed by atoms with Gasteiger partial charge in [-0.3, -0.25) is 0 Å². The predicted octanol–water partition coefficient (Wildman–Crippen LogP) is 1.71. The van der Waals surface area contributed by atoms with Gasteiger partial charge in [-0.25, -0.2) is 14.8 Å². The van der Waals surface area contributed by atoms with Gasteiger partial charge in [0.2, 0.25) is 0 Å². The fraction of sp³-hybridized carbons (Fsp3) is 0.417. The Morgan fingerprint density at radius 2 is 1.90 bits per heavy atom. The van der Waals surface area contributed by atoms with Gasteiger partial charge >= 0.3 is 5.97 Å². The molecule has 1 fully saturated rings. The molecule has 0 spiro atoms. The van der Waals surface area contributed by atoms with Gasteiger partial charge in [0.15, 0.2) is 16.0 Å². The van der Waals surface area contributed by atoms with Crippen molar-refractivity contribution in [2.45, 2.75) is 0 Å². The summed E-state index contributed by atoms with van der Waals surface area (Å²) in [5.74, 6) is -0.381. The molecular weight excluding hydrogens is 296 g/mol. The van der Waals surface area contributed by atoms with E-state index in [-0.39, 0.29) is 5.97 Å². The molecule has 0 aromatic carbocycles. The summed E-state index contributed by atoms with van der Waals surface area (Å²) in [6, 6.07) is 0. The monoisotopic (exact) mass is 310 g/mol. The summed E-state index contributed by atoms with van der Waals surface area (Å²) in [6.07, 6.45) is 1.83. The first-order valence-electron chi connectivity index (χ1n) is 6.21. The fourth-order valence-electron chi connectivity index (χ4n) is 2.07. The summed E-state index contributed by atoms with van der Waals surface area (Å²) in [5.41, 5.74) is 0.384. The van der Waals surface area contributed by atoms with E-state index in [2.05, 4.69) is 24.5 Å². The number of methoxy groups -OCH3 is 1. The number of esters is 1. The first-order valence-corrected chi connectivity index (χ1v) is 7.97. The third kappa shape index (κ3) is 2.61. The van der Waals surface area contributed by atoms with Crippen molar-refractivity contribution in [2.75, 3.05) is 43.1 Å². The van der Waals surface area contributed by atoms with E-state index >= 15 is 0 Å². The van der Waals surface area contributed by atoms with Crippen LogP contribution in [0.1, 0.15) is 10.5 Å². The average molecular weight is 310 g/mol. The van der Waals surface area contributed by atoms with Crippen molar-refractivity contribution in [3.63, 3.8) is 0 Å². The Morgan fingerprint density at radius 3 is 2.50 bits per heavy atom. The Labute approximate surface area is 124 Å². The SMILES string of the molecule is COC(=O)c1csc(N2CCN(c3nccs3)CC2)n1. The molecule has 0 amide bonds. The van der Waals surface area contributed by atoms with Crippen LogP contribution < -0.4 is 9.80 Å². The van der Waals surface area contributed by atoms with E-state index in [0.29, 0.717) is 5.69 Å². The number of piperazine rings is 1. The molecule has 2 aromatic rings. The zero-order valence-electron chi connectivity index (χ0n) is 11.0. The number of ether oxygens (including phenoxy) is 1. The number of thiazole rings is 2. The van der Waals surface area contributed by atoms with E-state index in [1.807, 2.05) is 11.6 Å². The summed E-state index contributed by atoms with van der Waals surface area (Å²) in [6.45, 7) is 3.60. The smallest absolute Gasteiger partial charge is 0.357 e. The van der Waals surface area contributed by atoms with Crippen molar-refractivity contribution in [1.29, 1.82) is 0 Å². The standard InChI is InChI=1S/C12H14N4O2S2/c1-18-10(17)9-8-20-12(14-9)16-5-3-15(4-6-16)11-13-2-7-19-11/h2,7-8H,3-6H2,1H3. The molecule has 0 atom stereocenters. The Bertz CT molecular complexity index is 576. The Hall–Kier alpha value is -1.67. The van der Waals surface area contributed by atoms with Crippen LogP contribution in [0, 0.1) is 0 Å². The van der Waals surface area contributed by atoms with Crippen LogP contribution in [0.2, 0.25) is 0 Å². The van der Waals surface area contributed by atoms with Gasteiger partial charge in [-0.05, 0) is 0 Å².